The number of imidazole rings is 1. The van der Waals surface area contributed by atoms with Crippen molar-refractivity contribution in [3.63, 3.8) is 0 Å². The van der Waals surface area contributed by atoms with Crippen molar-refractivity contribution in [2.45, 2.75) is 58.7 Å². The second kappa shape index (κ2) is 12.2. The number of halogens is 3. The molecule has 0 saturated carbocycles. The molecule has 3 N–H and O–H groups in total. The van der Waals surface area contributed by atoms with Gasteiger partial charge in [-0.25, -0.2) is 15.0 Å². The highest BCUT2D eigenvalue weighted by atomic mass is 35.5. The summed E-state index contributed by atoms with van der Waals surface area (Å²) >= 11 is 12.1. The summed E-state index contributed by atoms with van der Waals surface area (Å²) in [6.45, 7) is 6.83. The minimum atomic E-state index is -0.452. The second-order valence-corrected chi connectivity index (χ2v) is 9.01. The number of unbranched alkanes of at least 4 members (excludes halogenated alkanes) is 2. The van der Waals surface area contributed by atoms with Crippen LogP contribution in [-0.2, 0) is 19.6 Å². The van der Waals surface area contributed by atoms with Gasteiger partial charge in [0.25, 0.3) is 5.56 Å². The number of hydrazine groups is 1. The van der Waals surface area contributed by atoms with Crippen LogP contribution in [0.25, 0.3) is 11.2 Å². The highest BCUT2D eigenvalue weighted by Crippen LogP contribution is 2.19. The van der Waals surface area contributed by atoms with Crippen LogP contribution in [0.3, 0.4) is 0 Å². The van der Waals surface area contributed by atoms with E-state index >= 15 is 0 Å². The molecule has 188 valence electrons. The molecule has 0 atom stereocenters. The van der Waals surface area contributed by atoms with Gasteiger partial charge in [-0.05, 0) is 54.1 Å². The zero-order valence-electron chi connectivity index (χ0n) is 19.6. The van der Waals surface area contributed by atoms with Crippen molar-refractivity contribution in [2.75, 3.05) is 0 Å². The summed E-state index contributed by atoms with van der Waals surface area (Å²) in [6, 6.07) is 4.14. The van der Waals surface area contributed by atoms with Crippen LogP contribution in [0.4, 0.5) is 4.39 Å². The number of hydrogen-bond acceptors (Lipinski definition) is 5. The summed E-state index contributed by atoms with van der Waals surface area (Å²) < 4.78 is 16.0. The average molecular weight is 523 g/mol. The number of aromatic nitrogens is 4. The Bertz CT molecular complexity index is 1340. The zero-order chi connectivity index (χ0) is 25.5. The van der Waals surface area contributed by atoms with E-state index in [9.17, 15) is 14.0 Å². The van der Waals surface area contributed by atoms with Crippen LogP contribution in [0.5, 0.6) is 0 Å². The number of nitrogens with two attached hydrogens (primary N) is 1. The molecule has 0 spiro atoms. The number of benzene rings is 1. The van der Waals surface area contributed by atoms with Gasteiger partial charge in [0, 0.05) is 24.3 Å². The molecule has 0 aliphatic heterocycles. The van der Waals surface area contributed by atoms with Gasteiger partial charge in [-0.1, -0.05) is 50.1 Å². The fourth-order valence-corrected chi connectivity index (χ4v) is 4.22. The minimum Gasteiger partial charge on any atom is -0.323 e. The molecule has 0 unspecified atom stereocenters. The van der Waals surface area contributed by atoms with E-state index in [1.165, 1.54) is 26.3 Å². The van der Waals surface area contributed by atoms with Crippen LogP contribution in [0.1, 0.15) is 44.6 Å². The first-order valence-corrected chi connectivity index (χ1v) is 12.2. The van der Waals surface area contributed by atoms with Crippen LogP contribution in [0.2, 0.25) is 10.3 Å². The van der Waals surface area contributed by atoms with Crippen molar-refractivity contribution in [2.24, 2.45) is 5.84 Å². The number of nitrogens with zero attached hydrogens (tertiary/aromatic N) is 4. The van der Waals surface area contributed by atoms with E-state index in [0.29, 0.717) is 24.9 Å². The molecule has 0 saturated heterocycles. The fraction of sp³-hybridized carbons (Fsp3) is 0.375. The molecule has 2 heterocycles. The van der Waals surface area contributed by atoms with Crippen LogP contribution in [0.15, 0.2) is 52.2 Å². The van der Waals surface area contributed by atoms with Gasteiger partial charge in [0.1, 0.15) is 5.82 Å². The average Bonchev–Trinajstić information content (AvgIpc) is 3.21. The third kappa shape index (κ3) is 6.62. The second-order valence-electron chi connectivity index (χ2n) is 8.24. The molecule has 11 heteroatoms. The van der Waals surface area contributed by atoms with Crippen molar-refractivity contribution in [1.82, 2.24) is 24.1 Å². The molecule has 0 aliphatic carbocycles. The molecule has 2 aromatic heterocycles. The van der Waals surface area contributed by atoms with Gasteiger partial charge in [-0.2, -0.15) is 4.98 Å². The lowest BCUT2D eigenvalue weighted by atomic mass is 10.1. The highest BCUT2D eigenvalue weighted by molar-refractivity contribution is 6.31. The van der Waals surface area contributed by atoms with E-state index in [1.54, 1.807) is 18.3 Å². The molecule has 35 heavy (non-hydrogen) atoms. The van der Waals surface area contributed by atoms with Crippen molar-refractivity contribution < 1.29 is 4.39 Å². The first-order valence-electron chi connectivity index (χ1n) is 11.4. The monoisotopic (exact) mass is 522 g/mol. The van der Waals surface area contributed by atoms with Crippen LogP contribution in [-0.4, -0.2) is 24.1 Å². The maximum Gasteiger partial charge on any atom is 0.332 e. The number of allylic oxidation sites excluding steroid dienone is 2. The number of fused-ring (bicyclic) bond motifs is 1. The van der Waals surface area contributed by atoms with Gasteiger partial charge < -0.3 is 9.99 Å². The number of H-pyrrole nitrogens is 1. The topological polar surface area (TPSA) is 102 Å². The molecular weight excluding hydrogens is 494 g/mol. The Hall–Kier alpha value is -2.88. The summed E-state index contributed by atoms with van der Waals surface area (Å²) in [7, 11) is 0. The molecule has 3 aromatic rings. The number of nitrogens with one attached hydrogen (secondary N) is 1. The summed E-state index contributed by atoms with van der Waals surface area (Å²) in [5.74, 6) is 5.67. The van der Waals surface area contributed by atoms with Gasteiger partial charge in [0.15, 0.2) is 11.2 Å². The van der Waals surface area contributed by atoms with Crippen LogP contribution in [0, 0.1) is 5.82 Å². The third-order valence-corrected chi connectivity index (χ3v) is 6.16. The lowest BCUT2D eigenvalue weighted by molar-refractivity contribution is 0.382. The van der Waals surface area contributed by atoms with Gasteiger partial charge in [-0.3, -0.25) is 13.9 Å². The first-order chi connectivity index (χ1) is 16.7. The molecule has 0 radical (unpaired) electrons. The minimum absolute atomic E-state index is 0.0691. The predicted molar refractivity (Wildman–Crippen MR) is 138 cm³/mol. The third-order valence-electron chi connectivity index (χ3n) is 5.63. The van der Waals surface area contributed by atoms with Crippen molar-refractivity contribution in [3.8, 4) is 0 Å². The smallest absolute Gasteiger partial charge is 0.323 e. The van der Waals surface area contributed by atoms with Crippen LogP contribution < -0.4 is 17.1 Å². The quantitative estimate of drug-likeness (QED) is 0.117. The Labute approximate surface area is 212 Å². The normalized spacial score (nSPS) is 11.9. The van der Waals surface area contributed by atoms with Crippen molar-refractivity contribution in [1.29, 1.82) is 0 Å². The van der Waals surface area contributed by atoms with Gasteiger partial charge in [0.05, 0.1) is 6.54 Å². The Morgan fingerprint density at radius 1 is 1.23 bits per heavy atom. The first kappa shape index (κ1) is 26.7. The standard InChI is InChI=1S/C24H29Cl2FN6O2/c1-3-5-6-11-32-21-20(29-23(26)30-21)22(34)33(24(32)35)12-7-8-16(4-2)14-31(28)15-17-9-10-18(27)13-19(17)25/h4,9-10,13-14H,2-3,5-8,11-12,15,28H2,1H3,(H,29,30)/b16-14+. The number of hydrogen-bond donors (Lipinski definition) is 2. The number of rotatable bonds is 12. The van der Waals surface area contributed by atoms with Gasteiger partial charge in [0.2, 0.25) is 5.28 Å². The molecule has 0 aliphatic rings. The summed E-state index contributed by atoms with van der Waals surface area (Å²) in [6.07, 6.45) is 7.14. The Kier molecular flexibility index (Phi) is 9.31. The van der Waals surface area contributed by atoms with Crippen molar-refractivity contribution >= 4 is 34.4 Å². The molecule has 3 rings (SSSR count). The van der Waals surface area contributed by atoms with Gasteiger partial charge >= 0.3 is 5.69 Å². The SMILES string of the molecule is C=C/C(=C\N(N)Cc1ccc(F)cc1Cl)CCCn1c(=O)c2[nH]c(Cl)nc2n(CCCCC)c1=O. The predicted octanol–water partition coefficient (Wildman–Crippen LogP) is 4.75. The Morgan fingerprint density at radius 2 is 1.97 bits per heavy atom. The lowest BCUT2D eigenvalue weighted by Crippen LogP contribution is -2.40. The molecule has 0 fully saturated rings. The highest BCUT2D eigenvalue weighted by Gasteiger charge is 2.16. The van der Waals surface area contributed by atoms with E-state index in [1.807, 2.05) is 0 Å². The molecule has 0 amide bonds. The van der Waals surface area contributed by atoms with E-state index < -0.39 is 17.1 Å². The van der Waals surface area contributed by atoms with E-state index in [0.717, 1.165) is 24.8 Å². The van der Waals surface area contributed by atoms with Gasteiger partial charge in [-0.15, -0.1) is 0 Å². The van der Waals surface area contributed by atoms with E-state index in [2.05, 4.69) is 23.5 Å². The molecule has 1 aromatic carbocycles. The molecule has 0 bridgehead atoms. The maximum atomic E-state index is 13.3. The molecular formula is C24H29Cl2FN6O2. The zero-order valence-corrected chi connectivity index (χ0v) is 21.1. The summed E-state index contributed by atoms with van der Waals surface area (Å²) in [5.41, 5.74) is 1.13. The summed E-state index contributed by atoms with van der Waals surface area (Å²) in [4.78, 5) is 33.0. The number of aromatic amines is 1. The Balaban J connectivity index is 1.74. The maximum absolute atomic E-state index is 13.3. The van der Waals surface area contributed by atoms with Crippen molar-refractivity contribution in [3.05, 3.63) is 85.2 Å². The van der Waals surface area contributed by atoms with E-state index in [-0.39, 0.29) is 34.6 Å². The lowest BCUT2D eigenvalue weighted by Gasteiger charge is -2.17. The Morgan fingerprint density at radius 3 is 2.66 bits per heavy atom. The summed E-state index contributed by atoms with van der Waals surface area (Å²) in [5, 5.41) is 1.79. The fourth-order valence-electron chi connectivity index (χ4n) is 3.82. The van der Waals surface area contributed by atoms with Crippen LogP contribution >= 0.6 is 23.2 Å². The molecule has 8 nitrogen and oxygen atoms in total. The number of aryl methyl sites for hydroxylation is 1. The largest absolute Gasteiger partial charge is 0.332 e. The van der Waals surface area contributed by atoms with E-state index in [4.69, 9.17) is 29.0 Å².